The van der Waals surface area contributed by atoms with E-state index in [4.69, 9.17) is 4.74 Å². The molecule has 0 aliphatic carbocycles. The van der Waals surface area contributed by atoms with Gasteiger partial charge in [0, 0.05) is 11.8 Å². The number of ether oxygens (including phenoxy) is 1. The van der Waals surface area contributed by atoms with Crippen LogP contribution in [-0.4, -0.2) is 12.1 Å². The molecule has 0 bridgehead atoms. The third-order valence-corrected chi connectivity index (χ3v) is 1.36. The van der Waals surface area contributed by atoms with Crippen molar-refractivity contribution in [2.24, 2.45) is 0 Å². The number of hydrogen-bond acceptors (Lipinski definition) is 2. The van der Waals surface area contributed by atoms with E-state index in [1.807, 2.05) is 47.6 Å². The summed E-state index contributed by atoms with van der Waals surface area (Å²) in [6.45, 7) is 12.0. The van der Waals surface area contributed by atoms with Crippen LogP contribution in [0, 0.1) is 13.8 Å². The Morgan fingerprint density at radius 3 is 1.93 bits per heavy atom. The molecule has 1 aromatic rings. The quantitative estimate of drug-likeness (QED) is 0.684. The lowest BCUT2D eigenvalue weighted by molar-refractivity contribution is 0.394. The van der Waals surface area contributed by atoms with Crippen molar-refractivity contribution in [2.45, 2.75) is 41.5 Å². The lowest BCUT2D eigenvalue weighted by Gasteiger charge is -2.01. The number of pyridine rings is 1. The molecule has 0 saturated carbocycles. The Bertz CT molecular complexity index is 234. The van der Waals surface area contributed by atoms with Gasteiger partial charge in [0.15, 0.2) is 0 Å². The van der Waals surface area contributed by atoms with Gasteiger partial charge in [0.2, 0.25) is 5.88 Å². The third-order valence-electron chi connectivity index (χ3n) is 1.36. The van der Waals surface area contributed by atoms with Crippen molar-refractivity contribution in [2.75, 3.05) is 7.11 Å². The summed E-state index contributed by atoms with van der Waals surface area (Å²) in [6.07, 6.45) is 1.80. The third kappa shape index (κ3) is 5.57. The Kier molecular flexibility index (Phi) is 11.1. The predicted octanol–water partition coefficient (Wildman–Crippen LogP) is 3.76. The first-order valence-corrected chi connectivity index (χ1v) is 5.21. The summed E-state index contributed by atoms with van der Waals surface area (Å²) in [5.41, 5.74) is 2.25. The molecule has 0 aliphatic rings. The van der Waals surface area contributed by atoms with Gasteiger partial charge in [0.1, 0.15) is 0 Å². The molecule has 2 nitrogen and oxygen atoms in total. The van der Waals surface area contributed by atoms with Gasteiger partial charge in [0.25, 0.3) is 0 Å². The van der Waals surface area contributed by atoms with Gasteiger partial charge in [-0.2, -0.15) is 0 Å². The van der Waals surface area contributed by atoms with Gasteiger partial charge in [-0.3, -0.25) is 0 Å². The molecule has 0 spiro atoms. The summed E-state index contributed by atoms with van der Waals surface area (Å²) in [5, 5.41) is 0. The highest BCUT2D eigenvalue weighted by Gasteiger charge is 1.96. The van der Waals surface area contributed by atoms with Crippen molar-refractivity contribution in [1.29, 1.82) is 0 Å². The average molecular weight is 197 g/mol. The van der Waals surface area contributed by atoms with Crippen molar-refractivity contribution >= 4 is 0 Å². The minimum atomic E-state index is 0.714. The highest BCUT2D eigenvalue weighted by molar-refractivity contribution is 5.27. The summed E-state index contributed by atoms with van der Waals surface area (Å²) < 4.78 is 4.99. The molecule has 82 valence electrons. The number of aromatic nitrogens is 1. The minimum Gasteiger partial charge on any atom is -0.481 e. The molecule has 0 aromatic carbocycles. The molecule has 0 saturated heterocycles. The maximum absolute atomic E-state index is 4.99. The largest absolute Gasteiger partial charge is 0.481 e. The van der Waals surface area contributed by atoms with Crippen LogP contribution < -0.4 is 4.74 Å². The first-order valence-electron chi connectivity index (χ1n) is 5.21. The molecular formula is C12H23NO. The second-order valence-electron chi connectivity index (χ2n) is 2.34. The van der Waals surface area contributed by atoms with Gasteiger partial charge in [-0.15, -0.1) is 0 Å². The zero-order valence-corrected chi connectivity index (χ0v) is 10.5. The van der Waals surface area contributed by atoms with Crippen LogP contribution in [0.25, 0.3) is 0 Å². The normalized spacial score (nSPS) is 7.64. The van der Waals surface area contributed by atoms with Crippen molar-refractivity contribution in [3.05, 3.63) is 23.4 Å². The van der Waals surface area contributed by atoms with E-state index in [0.29, 0.717) is 5.88 Å². The Balaban J connectivity index is 0. The SMILES string of the molecule is CC.CC.COc1ncc(C)cc1C. The Morgan fingerprint density at radius 1 is 1.07 bits per heavy atom. The lowest BCUT2D eigenvalue weighted by Crippen LogP contribution is -1.90. The zero-order chi connectivity index (χ0) is 11.6. The smallest absolute Gasteiger partial charge is 0.215 e. The summed E-state index contributed by atoms with van der Waals surface area (Å²) in [4.78, 5) is 4.07. The maximum Gasteiger partial charge on any atom is 0.215 e. The Labute approximate surface area is 88.3 Å². The van der Waals surface area contributed by atoms with Gasteiger partial charge in [-0.25, -0.2) is 4.98 Å². The standard InChI is InChI=1S/C8H11NO.2C2H6/c1-6-4-7(2)8(10-3)9-5-6;2*1-2/h4-5H,1-3H3;2*1-2H3. The van der Waals surface area contributed by atoms with E-state index < -0.39 is 0 Å². The van der Waals surface area contributed by atoms with E-state index in [-0.39, 0.29) is 0 Å². The van der Waals surface area contributed by atoms with E-state index in [0.717, 1.165) is 5.56 Å². The van der Waals surface area contributed by atoms with Gasteiger partial charge in [-0.05, 0) is 25.5 Å². The van der Waals surface area contributed by atoms with E-state index in [1.165, 1.54) is 5.56 Å². The fraction of sp³-hybridized carbons (Fsp3) is 0.583. The lowest BCUT2D eigenvalue weighted by atomic mass is 10.2. The first kappa shape index (κ1) is 15.4. The van der Waals surface area contributed by atoms with Crippen LogP contribution in [0.5, 0.6) is 5.88 Å². The minimum absolute atomic E-state index is 0.714. The van der Waals surface area contributed by atoms with Gasteiger partial charge in [0.05, 0.1) is 7.11 Å². The molecular weight excluding hydrogens is 174 g/mol. The van der Waals surface area contributed by atoms with E-state index >= 15 is 0 Å². The topological polar surface area (TPSA) is 22.1 Å². The van der Waals surface area contributed by atoms with Crippen LogP contribution in [0.4, 0.5) is 0 Å². The molecule has 0 unspecified atom stereocenters. The monoisotopic (exact) mass is 197 g/mol. The molecule has 0 N–H and O–H groups in total. The molecule has 0 fully saturated rings. The van der Waals surface area contributed by atoms with E-state index in [2.05, 4.69) is 4.98 Å². The maximum atomic E-state index is 4.99. The van der Waals surface area contributed by atoms with Crippen molar-refractivity contribution in [3.63, 3.8) is 0 Å². The fourth-order valence-electron chi connectivity index (χ4n) is 0.916. The van der Waals surface area contributed by atoms with Crippen LogP contribution in [0.3, 0.4) is 0 Å². The number of methoxy groups -OCH3 is 1. The van der Waals surface area contributed by atoms with Crippen molar-refractivity contribution < 1.29 is 4.74 Å². The summed E-state index contributed by atoms with van der Waals surface area (Å²) in [5.74, 6) is 0.714. The zero-order valence-electron chi connectivity index (χ0n) is 10.5. The molecule has 14 heavy (non-hydrogen) atoms. The summed E-state index contributed by atoms with van der Waals surface area (Å²) in [6, 6.07) is 2.05. The Hall–Kier alpha value is -1.05. The van der Waals surface area contributed by atoms with Crippen LogP contribution in [0.1, 0.15) is 38.8 Å². The average Bonchev–Trinajstić information content (AvgIpc) is 2.24. The van der Waals surface area contributed by atoms with Gasteiger partial charge in [-0.1, -0.05) is 27.7 Å². The molecule has 0 amide bonds. The van der Waals surface area contributed by atoms with E-state index in [9.17, 15) is 0 Å². The van der Waals surface area contributed by atoms with Crippen LogP contribution in [0.15, 0.2) is 12.3 Å². The number of aryl methyl sites for hydroxylation is 2. The molecule has 1 heterocycles. The van der Waals surface area contributed by atoms with Crippen LogP contribution >= 0.6 is 0 Å². The molecule has 0 radical (unpaired) electrons. The predicted molar refractivity (Wildman–Crippen MR) is 63.0 cm³/mol. The summed E-state index contributed by atoms with van der Waals surface area (Å²) in [7, 11) is 1.63. The number of nitrogens with zero attached hydrogens (tertiary/aromatic N) is 1. The second kappa shape index (κ2) is 10.0. The highest BCUT2D eigenvalue weighted by Crippen LogP contribution is 2.13. The van der Waals surface area contributed by atoms with E-state index in [1.54, 1.807) is 13.3 Å². The van der Waals surface area contributed by atoms with Crippen LogP contribution in [-0.2, 0) is 0 Å². The first-order chi connectivity index (χ1) is 6.74. The number of rotatable bonds is 1. The van der Waals surface area contributed by atoms with Gasteiger partial charge >= 0.3 is 0 Å². The summed E-state index contributed by atoms with van der Waals surface area (Å²) >= 11 is 0. The second-order valence-corrected chi connectivity index (χ2v) is 2.34. The fourth-order valence-corrected chi connectivity index (χ4v) is 0.916. The van der Waals surface area contributed by atoms with Crippen molar-refractivity contribution in [1.82, 2.24) is 4.98 Å². The molecule has 2 heteroatoms. The molecule has 0 atom stereocenters. The van der Waals surface area contributed by atoms with Crippen LogP contribution in [0.2, 0.25) is 0 Å². The molecule has 0 aliphatic heterocycles. The highest BCUT2D eigenvalue weighted by atomic mass is 16.5. The Morgan fingerprint density at radius 2 is 1.57 bits per heavy atom. The van der Waals surface area contributed by atoms with Crippen molar-refractivity contribution in [3.8, 4) is 5.88 Å². The van der Waals surface area contributed by atoms with Gasteiger partial charge < -0.3 is 4.74 Å². The number of hydrogen-bond donors (Lipinski definition) is 0. The molecule has 1 aromatic heterocycles. The molecule has 1 rings (SSSR count).